The lowest BCUT2D eigenvalue weighted by atomic mass is 10.1. The number of halogens is 1. The molecule has 4 rings (SSSR count). The van der Waals surface area contributed by atoms with Gasteiger partial charge in [-0.3, -0.25) is 5.10 Å². The maximum absolute atomic E-state index is 6.01. The lowest BCUT2D eigenvalue weighted by Crippen LogP contribution is -2.01. The highest BCUT2D eigenvalue weighted by atomic mass is 35.5. The van der Waals surface area contributed by atoms with Gasteiger partial charge in [-0.15, -0.1) is 0 Å². The second-order valence-corrected chi connectivity index (χ2v) is 5.65. The molecule has 2 aromatic heterocycles. The number of hydrogen-bond donors (Lipinski definition) is 2. The van der Waals surface area contributed by atoms with E-state index in [0.717, 1.165) is 47.6 Å². The first-order valence-electron chi connectivity index (χ1n) is 7.21. The molecule has 0 atom stereocenters. The third-order valence-corrected chi connectivity index (χ3v) is 4.05. The molecule has 0 amide bonds. The van der Waals surface area contributed by atoms with E-state index in [1.807, 2.05) is 18.3 Å². The Balaban J connectivity index is 1.62. The Morgan fingerprint density at radius 1 is 1.05 bits per heavy atom. The average molecular weight is 312 g/mol. The lowest BCUT2D eigenvalue weighted by Gasteiger charge is -2.10. The fraction of sp³-hybridized carbons (Fsp3) is 0.188. The standard InChI is InChI=1S/C16H14ClN5/c17-16-21-14-3-1-2-13(14)15(22-16)20-12-6-4-10(5-7-12)11-8-18-19-9-11/h4-9H,1-3H2,(H,18,19)(H,20,21,22). The normalized spacial score (nSPS) is 13.1. The summed E-state index contributed by atoms with van der Waals surface area (Å²) in [5.41, 5.74) is 5.42. The summed E-state index contributed by atoms with van der Waals surface area (Å²) in [6, 6.07) is 8.16. The number of anilines is 2. The second-order valence-electron chi connectivity index (χ2n) is 5.31. The highest BCUT2D eigenvalue weighted by molar-refractivity contribution is 6.28. The van der Waals surface area contributed by atoms with Crippen molar-refractivity contribution in [2.75, 3.05) is 5.32 Å². The van der Waals surface area contributed by atoms with Gasteiger partial charge in [0.05, 0.1) is 11.9 Å². The van der Waals surface area contributed by atoms with Gasteiger partial charge in [-0.1, -0.05) is 12.1 Å². The maximum atomic E-state index is 6.01. The third kappa shape index (κ3) is 2.44. The molecule has 0 spiro atoms. The number of aromatic nitrogens is 4. The van der Waals surface area contributed by atoms with Crippen molar-refractivity contribution in [3.8, 4) is 11.1 Å². The maximum Gasteiger partial charge on any atom is 0.224 e. The number of hydrogen-bond acceptors (Lipinski definition) is 4. The molecule has 0 unspecified atom stereocenters. The zero-order valence-electron chi connectivity index (χ0n) is 11.8. The topological polar surface area (TPSA) is 66.5 Å². The summed E-state index contributed by atoms with van der Waals surface area (Å²) in [6.07, 6.45) is 6.77. The number of nitrogens with one attached hydrogen (secondary N) is 2. The summed E-state index contributed by atoms with van der Waals surface area (Å²) >= 11 is 6.01. The molecule has 0 aliphatic heterocycles. The van der Waals surface area contributed by atoms with Crippen molar-refractivity contribution < 1.29 is 0 Å². The van der Waals surface area contributed by atoms with Crippen LogP contribution in [-0.4, -0.2) is 20.2 Å². The highest BCUT2D eigenvalue weighted by Crippen LogP contribution is 2.30. The van der Waals surface area contributed by atoms with E-state index in [-0.39, 0.29) is 0 Å². The van der Waals surface area contributed by atoms with Crippen molar-refractivity contribution in [3.63, 3.8) is 0 Å². The molecule has 110 valence electrons. The van der Waals surface area contributed by atoms with Gasteiger partial charge < -0.3 is 5.32 Å². The van der Waals surface area contributed by atoms with Crippen molar-refractivity contribution in [1.29, 1.82) is 0 Å². The van der Waals surface area contributed by atoms with Gasteiger partial charge in [-0.05, 0) is 48.6 Å². The number of aryl methyl sites for hydroxylation is 1. The van der Waals surface area contributed by atoms with Crippen LogP contribution in [0.2, 0.25) is 5.28 Å². The Bertz CT molecular complexity index is 796. The Morgan fingerprint density at radius 3 is 2.68 bits per heavy atom. The summed E-state index contributed by atoms with van der Waals surface area (Å²) in [5, 5.41) is 10.4. The van der Waals surface area contributed by atoms with Gasteiger partial charge >= 0.3 is 0 Å². The molecule has 3 aromatic rings. The molecule has 6 heteroatoms. The Morgan fingerprint density at radius 2 is 1.91 bits per heavy atom. The quantitative estimate of drug-likeness (QED) is 0.723. The van der Waals surface area contributed by atoms with Crippen LogP contribution in [0.5, 0.6) is 0 Å². The predicted octanol–water partition coefficient (Wildman–Crippen LogP) is 3.75. The summed E-state index contributed by atoms with van der Waals surface area (Å²) < 4.78 is 0. The molecule has 5 nitrogen and oxygen atoms in total. The van der Waals surface area contributed by atoms with E-state index in [1.165, 1.54) is 5.56 Å². The van der Waals surface area contributed by atoms with Gasteiger partial charge in [0.15, 0.2) is 0 Å². The van der Waals surface area contributed by atoms with E-state index in [9.17, 15) is 0 Å². The first-order valence-corrected chi connectivity index (χ1v) is 7.59. The third-order valence-electron chi connectivity index (χ3n) is 3.89. The number of fused-ring (bicyclic) bond motifs is 1. The minimum absolute atomic E-state index is 0.304. The molecule has 22 heavy (non-hydrogen) atoms. The monoisotopic (exact) mass is 311 g/mol. The average Bonchev–Trinajstić information content (AvgIpc) is 3.18. The summed E-state index contributed by atoms with van der Waals surface area (Å²) in [7, 11) is 0. The van der Waals surface area contributed by atoms with Crippen LogP contribution in [0.1, 0.15) is 17.7 Å². The smallest absolute Gasteiger partial charge is 0.224 e. The molecule has 1 aliphatic carbocycles. The number of nitrogens with zero attached hydrogens (tertiary/aromatic N) is 3. The van der Waals surface area contributed by atoms with Crippen LogP contribution in [0.4, 0.5) is 11.5 Å². The van der Waals surface area contributed by atoms with Crippen molar-refractivity contribution in [1.82, 2.24) is 20.2 Å². The first kappa shape index (κ1) is 13.3. The molecule has 0 saturated heterocycles. The van der Waals surface area contributed by atoms with Gasteiger partial charge in [-0.2, -0.15) is 5.10 Å². The minimum atomic E-state index is 0.304. The van der Waals surface area contributed by atoms with Crippen LogP contribution in [0, 0.1) is 0 Å². The van der Waals surface area contributed by atoms with Gasteiger partial charge in [0.1, 0.15) is 5.82 Å². The number of benzene rings is 1. The van der Waals surface area contributed by atoms with Crippen LogP contribution >= 0.6 is 11.6 Å². The van der Waals surface area contributed by atoms with Crippen molar-refractivity contribution >= 4 is 23.1 Å². The number of H-pyrrole nitrogens is 1. The number of rotatable bonds is 3. The minimum Gasteiger partial charge on any atom is -0.340 e. The van der Waals surface area contributed by atoms with Crippen molar-refractivity contribution in [3.05, 3.63) is 53.2 Å². The summed E-state index contributed by atoms with van der Waals surface area (Å²) in [6.45, 7) is 0. The van der Waals surface area contributed by atoms with E-state index in [4.69, 9.17) is 11.6 Å². The molecule has 0 fully saturated rings. The molecule has 2 heterocycles. The van der Waals surface area contributed by atoms with Crippen LogP contribution in [0.3, 0.4) is 0 Å². The Kier molecular flexibility index (Phi) is 3.27. The molecule has 0 bridgehead atoms. The molecular weight excluding hydrogens is 298 g/mol. The van der Waals surface area contributed by atoms with Gasteiger partial charge in [0, 0.05) is 23.0 Å². The zero-order chi connectivity index (χ0) is 14.9. The Labute approximate surface area is 132 Å². The molecule has 0 saturated carbocycles. The summed E-state index contributed by atoms with van der Waals surface area (Å²) in [4.78, 5) is 8.65. The largest absolute Gasteiger partial charge is 0.340 e. The lowest BCUT2D eigenvalue weighted by molar-refractivity contribution is 0.899. The van der Waals surface area contributed by atoms with E-state index in [2.05, 4.69) is 37.6 Å². The fourth-order valence-electron chi connectivity index (χ4n) is 2.80. The molecule has 2 N–H and O–H groups in total. The zero-order valence-corrected chi connectivity index (χ0v) is 12.6. The molecule has 1 aliphatic rings. The van der Waals surface area contributed by atoms with Crippen molar-refractivity contribution in [2.45, 2.75) is 19.3 Å². The predicted molar refractivity (Wildman–Crippen MR) is 86.4 cm³/mol. The van der Waals surface area contributed by atoms with Gasteiger partial charge in [-0.25, -0.2) is 9.97 Å². The van der Waals surface area contributed by atoms with Crippen molar-refractivity contribution in [2.24, 2.45) is 0 Å². The van der Waals surface area contributed by atoms with Crippen LogP contribution in [0.25, 0.3) is 11.1 Å². The first-order chi connectivity index (χ1) is 10.8. The van der Waals surface area contributed by atoms with E-state index in [0.29, 0.717) is 5.28 Å². The van der Waals surface area contributed by atoms with Gasteiger partial charge in [0.25, 0.3) is 0 Å². The summed E-state index contributed by atoms with van der Waals surface area (Å²) in [5.74, 6) is 0.823. The van der Waals surface area contributed by atoms with Crippen LogP contribution in [0.15, 0.2) is 36.7 Å². The van der Waals surface area contributed by atoms with E-state index >= 15 is 0 Å². The second kappa shape index (κ2) is 5.42. The van der Waals surface area contributed by atoms with E-state index in [1.54, 1.807) is 6.20 Å². The number of aromatic amines is 1. The molecular formula is C16H14ClN5. The SMILES string of the molecule is Clc1nc2c(c(Nc3ccc(-c4cn[nH]c4)cc3)n1)CCC2. The molecule has 0 radical (unpaired) electrons. The van der Waals surface area contributed by atoms with E-state index < -0.39 is 0 Å². The van der Waals surface area contributed by atoms with Crippen LogP contribution < -0.4 is 5.32 Å². The molecule has 1 aromatic carbocycles. The fourth-order valence-corrected chi connectivity index (χ4v) is 2.98. The Hall–Kier alpha value is -2.40. The van der Waals surface area contributed by atoms with Crippen LogP contribution in [-0.2, 0) is 12.8 Å². The van der Waals surface area contributed by atoms with Gasteiger partial charge in [0.2, 0.25) is 5.28 Å². The highest BCUT2D eigenvalue weighted by Gasteiger charge is 2.18.